The Bertz CT molecular complexity index is 816. The molecule has 0 radical (unpaired) electrons. The van der Waals surface area contributed by atoms with Crippen LogP contribution in [0.3, 0.4) is 0 Å². The molecule has 2 aromatic rings. The SMILES string of the molecule is Cc1occc1C(=O)N1CCC[C@H](C(=O)N(CCN(C)C)Cc2ccccc2)C1. The number of hydrogen-bond acceptors (Lipinski definition) is 4. The fourth-order valence-corrected chi connectivity index (χ4v) is 3.79. The van der Waals surface area contributed by atoms with E-state index in [0.29, 0.717) is 37.5 Å². The molecule has 6 heteroatoms. The molecule has 0 saturated carbocycles. The fourth-order valence-electron chi connectivity index (χ4n) is 3.79. The van der Waals surface area contributed by atoms with Gasteiger partial charge in [0.25, 0.3) is 5.91 Å². The summed E-state index contributed by atoms with van der Waals surface area (Å²) in [7, 11) is 4.03. The highest BCUT2D eigenvalue weighted by Gasteiger charge is 2.32. The maximum atomic E-state index is 13.4. The maximum absolute atomic E-state index is 13.4. The predicted octanol–water partition coefficient (Wildman–Crippen LogP) is 3.03. The molecule has 3 rings (SSSR count). The molecular formula is C23H31N3O3. The summed E-state index contributed by atoms with van der Waals surface area (Å²) in [5.41, 5.74) is 1.71. The fraction of sp³-hybridized carbons (Fsp3) is 0.478. The van der Waals surface area contributed by atoms with Crippen molar-refractivity contribution in [2.45, 2.75) is 26.3 Å². The van der Waals surface area contributed by atoms with Crippen molar-refractivity contribution in [1.29, 1.82) is 0 Å². The summed E-state index contributed by atoms with van der Waals surface area (Å²) in [6.45, 7) is 5.02. The third-order valence-electron chi connectivity index (χ3n) is 5.49. The highest BCUT2D eigenvalue weighted by atomic mass is 16.3. The average Bonchev–Trinajstić information content (AvgIpc) is 3.16. The number of likely N-dealkylation sites (tertiary alicyclic amines) is 1. The van der Waals surface area contributed by atoms with E-state index in [4.69, 9.17) is 4.42 Å². The van der Waals surface area contributed by atoms with Crippen LogP contribution < -0.4 is 0 Å². The summed E-state index contributed by atoms with van der Waals surface area (Å²) in [6, 6.07) is 11.8. The number of nitrogens with zero attached hydrogens (tertiary/aromatic N) is 3. The number of rotatable bonds is 7. The smallest absolute Gasteiger partial charge is 0.257 e. The van der Waals surface area contributed by atoms with E-state index in [1.165, 1.54) is 6.26 Å². The van der Waals surface area contributed by atoms with Gasteiger partial charge in [0.05, 0.1) is 17.7 Å². The molecule has 0 bridgehead atoms. The van der Waals surface area contributed by atoms with Gasteiger partial charge in [-0.1, -0.05) is 30.3 Å². The first-order valence-corrected chi connectivity index (χ1v) is 10.3. The molecule has 1 atom stereocenters. The molecule has 2 heterocycles. The quantitative estimate of drug-likeness (QED) is 0.721. The molecule has 0 N–H and O–H groups in total. The first kappa shape index (κ1) is 21.1. The van der Waals surface area contributed by atoms with Crippen LogP contribution in [0.15, 0.2) is 47.1 Å². The van der Waals surface area contributed by atoms with Gasteiger partial charge in [-0.05, 0) is 45.5 Å². The number of carbonyl (C=O) groups is 2. The van der Waals surface area contributed by atoms with Crippen molar-refractivity contribution >= 4 is 11.8 Å². The van der Waals surface area contributed by atoms with E-state index in [-0.39, 0.29) is 17.7 Å². The van der Waals surface area contributed by atoms with E-state index in [1.807, 2.05) is 49.3 Å². The van der Waals surface area contributed by atoms with Crippen molar-refractivity contribution in [3.63, 3.8) is 0 Å². The lowest BCUT2D eigenvalue weighted by Crippen LogP contribution is -2.47. The van der Waals surface area contributed by atoms with Crippen LogP contribution in [-0.4, -0.2) is 66.8 Å². The Balaban J connectivity index is 1.70. The minimum absolute atomic E-state index is 0.0448. The minimum Gasteiger partial charge on any atom is -0.469 e. The molecule has 29 heavy (non-hydrogen) atoms. The summed E-state index contributed by atoms with van der Waals surface area (Å²) < 4.78 is 5.28. The van der Waals surface area contributed by atoms with Gasteiger partial charge >= 0.3 is 0 Å². The Morgan fingerprint density at radius 3 is 2.55 bits per heavy atom. The number of likely N-dealkylation sites (N-methyl/N-ethyl adjacent to an activating group) is 1. The molecule has 6 nitrogen and oxygen atoms in total. The van der Waals surface area contributed by atoms with Gasteiger partial charge in [0.15, 0.2) is 0 Å². The summed E-state index contributed by atoms with van der Waals surface area (Å²) >= 11 is 0. The lowest BCUT2D eigenvalue weighted by Gasteiger charge is -2.35. The standard InChI is InChI=1S/C23H31N3O3/c1-18-21(11-15-29-18)23(28)25-12-7-10-20(17-25)22(27)26(14-13-24(2)3)16-19-8-5-4-6-9-19/h4-6,8-9,11,15,20H,7,10,12-14,16-17H2,1-3H3/t20-/m0/s1. The van der Waals surface area contributed by atoms with Crippen LogP contribution in [0.4, 0.5) is 0 Å². The van der Waals surface area contributed by atoms with Crippen molar-refractivity contribution in [2.24, 2.45) is 5.92 Å². The second-order valence-corrected chi connectivity index (χ2v) is 8.03. The van der Waals surface area contributed by atoms with Crippen molar-refractivity contribution in [1.82, 2.24) is 14.7 Å². The summed E-state index contributed by atoms with van der Waals surface area (Å²) in [5, 5.41) is 0. The van der Waals surface area contributed by atoms with E-state index in [0.717, 1.165) is 24.9 Å². The first-order chi connectivity index (χ1) is 14.0. The summed E-state index contributed by atoms with van der Waals surface area (Å²) in [6.07, 6.45) is 3.20. The van der Waals surface area contributed by atoms with E-state index in [1.54, 1.807) is 17.9 Å². The van der Waals surface area contributed by atoms with Crippen molar-refractivity contribution in [3.05, 3.63) is 59.5 Å². The van der Waals surface area contributed by atoms with E-state index in [9.17, 15) is 9.59 Å². The molecule has 1 aromatic heterocycles. The van der Waals surface area contributed by atoms with Gasteiger partial charge in [0.2, 0.25) is 5.91 Å². The van der Waals surface area contributed by atoms with Crippen LogP contribution in [0, 0.1) is 12.8 Å². The number of hydrogen-bond donors (Lipinski definition) is 0. The molecular weight excluding hydrogens is 366 g/mol. The van der Waals surface area contributed by atoms with Gasteiger partial charge in [-0.2, -0.15) is 0 Å². The molecule has 0 aliphatic carbocycles. The molecule has 1 aromatic carbocycles. The summed E-state index contributed by atoms with van der Waals surface area (Å²) in [4.78, 5) is 32.1. The van der Waals surface area contributed by atoms with Gasteiger partial charge in [0.1, 0.15) is 5.76 Å². The zero-order valence-electron chi connectivity index (χ0n) is 17.6. The zero-order valence-corrected chi connectivity index (χ0v) is 17.6. The maximum Gasteiger partial charge on any atom is 0.257 e. The number of aryl methyl sites for hydroxylation is 1. The largest absolute Gasteiger partial charge is 0.469 e. The average molecular weight is 398 g/mol. The van der Waals surface area contributed by atoms with E-state index >= 15 is 0 Å². The second kappa shape index (κ2) is 9.74. The van der Waals surface area contributed by atoms with Gasteiger partial charge in [-0.25, -0.2) is 0 Å². The Labute approximate surface area is 173 Å². The third-order valence-corrected chi connectivity index (χ3v) is 5.49. The third kappa shape index (κ3) is 5.48. The van der Waals surface area contributed by atoms with Crippen LogP contribution in [0.5, 0.6) is 0 Å². The molecule has 156 valence electrons. The lowest BCUT2D eigenvalue weighted by atomic mass is 9.95. The molecule has 1 fully saturated rings. The Hall–Kier alpha value is -2.60. The lowest BCUT2D eigenvalue weighted by molar-refractivity contribution is -0.137. The van der Waals surface area contributed by atoms with Crippen LogP contribution in [-0.2, 0) is 11.3 Å². The summed E-state index contributed by atoms with van der Waals surface area (Å²) in [5.74, 6) is 0.555. The van der Waals surface area contributed by atoms with E-state index < -0.39 is 0 Å². The predicted molar refractivity (Wildman–Crippen MR) is 112 cm³/mol. The number of amides is 2. The van der Waals surface area contributed by atoms with Crippen LogP contribution in [0.1, 0.15) is 34.5 Å². The molecule has 2 amide bonds. The monoisotopic (exact) mass is 397 g/mol. The van der Waals surface area contributed by atoms with Crippen molar-refractivity contribution in [2.75, 3.05) is 40.3 Å². The number of carbonyl (C=O) groups excluding carboxylic acids is 2. The number of furan rings is 1. The molecule has 0 spiro atoms. The van der Waals surface area contributed by atoms with Gasteiger partial charge in [-0.15, -0.1) is 0 Å². The van der Waals surface area contributed by atoms with Gasteiger partial charge < -0.3 is 19.1 Å². The Kier molecular flexibility index (Phi) is 7.09. The topological polar surface area (TPSA) is 57.0 Å². The molecule has 1 saturated heterocycles. The van der Waals surface area contributed by atoms with Crippen molar-refractivity contribution in [3.8, 4) is 0 Å². The van der Waals surface area contributed by atoms with Gasteiger partial charge in [0, 0.05) is 32.7 Å². The molecule has 1 aliphatic heterocycles. The highest BCUT2D eigenvalue weighted by Crippen LogP contribution is 2.23. The van der Waals surface area contributed by atoms with Crippen LogP contribution in [0.25, 0.3) is 0 Å². The zero-order chi connectivity index (χ0) is 20.8. The van der Waals surface area contributed by atoms with Crippen molar-refractivity contribution < 1.29 is 14.0 Å². The highest BCUT2D eigenvalue weighted by molar-refractivity contribution is 5.95. The van der Waals surface area contributed by atoms with Gasteiger partial charge in [-0.3, -0.25) is 9.59 Å². The number of piperidine rings is 1. The first-order valence-electron chi connectivity index (χ1n) is 10.3. The number of benzene rings is 1. The second-order valence-electron chi connectivity index (χ2n) is 8.03. The Morgan fingerprint density at radius 2 is 1.90 bits per heavy atom. The molecule has 0 unspecified atom stereocenters. The van der Waals surface area contributed by atoms with Crippen LogP contribution in [0.2, 0.25) is 0 Å². The minimum atomic E-state index is -0.161. The molecule has 1 aliphatic rings. The normalized spacial score (nSPS) is 16.8. The van der Waals surface area contributed by atoms with Crippen LogP contribution >= 0.6 is 0 Å². The van der Waals surface area contributed by atoms with E-state index in [2.05, 4.69) is 4.90 Å². The Morgan fingerprint density at radius 1 is 1.14 bits per heavy atom.